The predicted molar refractivity (Wildman–Crippen MR) is 84.9 cm³/mol. The first-order valence-corrected chi connectivity index (χ1v) is 7.46. The van der Waals surface area contributed by atoms with E-state index < -0.39 is 11.6 Å². The van der Waals surface area contributed by atoms with Crippen LogP contribution in [0.3, 0.4) is 0 Å². The van der Waals surface area contributed by atoms with Crippen molar-refractivity contribution in [3.63, 3.8) is 0 Å². The molecule has 1 aromatic rings. The zero-order valence-electron chi connectivity index (χ0n) is 12.7. The number of amides is 2. The molecule has 0 aromatic heterocycles. The van der Waals surface area contributed by atoms with Crippen molar-refractivity contribution in [3.05, 3.63) is 34.3 Å². The number of carbonyl (C=O) groups excluding carboxylic acids is 2. The molecule has 1 unspecified atom stereocenters. The average Bonchev–Trinajstić information content (AvgIpc) is 2.34. The lowest BCUT2D eigenvalue weighted by Gasteiger charge is -2.20. The molecule has 0 aliphatic carbocycles. The Kier molecular flexibility index (Phi) is 6.20. The quantitative estimate of drug-likeness (QED) is 0.870. The molecule has 6 heteroatoms. The van der Waals surface area contributed by atoms with Gasteiger partial charge in [-0.3, -0.25) is 4.79 Å². The lowest BCUT2D eigenvalue weighted by Crippen LogP contribution is -2.42. The van der Waals surface area contributed by atoms with Crippen molar-refractivity contribution < 1.29 is 14.3 Å². The Hall–Kier alpha value is -1.56. The summed E-state index contributed by atoms with van der Waals surface area (Å²) in [5.74, 6) is -0.341. The topological polar surface area (TPSA) is 67.4 Å². The number of alkyl carbamates (subject to hydrolysis) is 1. The number of benzene rings is 1. The van der Waals surface area contributed by atoms with Crippen LogP contribution in [0.15, 0.2) is 28.7 Å². The molecular formula is C15H21BrN2O3. The summed E-state index contributed by atoms with van der Waals surface area (Å²) in [5, 5.41) is 5.40. The number of carbonyl (C=O) groups is 2. The maximum Gasteiger partial charge on any atom is 0.408 e. The monoisotopic (exact) mass is 356 g/mol. The molecule has 0 saturated carbocycles. The van der Waals surface area contributed by atoms with Crippen molar-refractivity contribution in [1.29, 1.82) is 0 Å². The largest absolute Gasteiger partial charge is 0.439 e. The van der Waals surface area contributed by atoms with E-state index in [1.165, 1.54) is 0 Å². The van der Waals surface area contributed by atoms with E-state index in [0.29, 0.717) is 0 Å². The molecule has 1 aromatic carbocycles. The Bertz CT molecular complexity index is 512. The predicted octanol–water partition coefficient (Wildman–Crippen LogP) is 3.15. The second-order valence-corrected chi connectivity index (χ2v) is 6.71. The van der Waals surface area contributed by atoms with Crippen LogP contribution < -0.4 is 10.6 Å². The van der Waals surface area contributed by atoms with Gasteiger partial charge in [0.2, 0.25) is 0 Å². The highest BCUT2D eigenvalue weighted by atomic mass is 79.9. The van der Waals surface area contributed by atoms with Gasteiger partial charge >= 0.3 is 6.09 Å². The van der Waals surface area contributed by atoms with Gasteiger partial charge in [-0.2, -0.15) is 0 Å². The third-order valence-corrected chi connectivity index (χ3v) is 3.03. The minimum absolute atomic E-state index is 0.163. The summed E-state index contributed by atoms with van der Waals surface area (Å²) in [4.78, 5) is 23.2. The Morgan fingerprint density at radius 1 is 1.33 bits per heavy atom. The van der Waals surface area contributed by atoms with E-state index in [0.717, 1.165) is 10.0 Å². The lowest BCUT2D eigenvalue weighted by atomic mass is 10.1. The standard InChI is InChI=1S/C15H21BrN2O3/c1-10(11-6-5-7-12(16)8-11)17-13(19)9-21-14(20)18-15(2,3)4/h5-8,10H,9H2,1-4H3,(H,17,19)(H,18,20). The molecule has 0 saturated heterocycles. The summed E-state index contributed by atoms with van der Waals surface area (Å²) in [6, 6.07) is 7.50. The number of nitrogens with one attached hydrogen (secondary N) is 2. The smallest absolute Gasteiger partial charge is 0.408 e. The third kappa shape index (κ3) is 7.13. The van der Waals surface area contributed by atoms with Gasteiger partial charge in [0.05, 0.1) is 6.04 Å². The summed E-state index contributed by atoms with van der Waals surface area (Å²) in [6.07, 6.45) is -0.604. The van der Waals surface area contributed by atoms with Crippen LogP contribution in [-0.2, 0) is 9.53 Å². The number of rotatable bonds is 4. The van der Waals surface area contributed by atoms with Crippen molar-refractivity contribution in [2.45, 2.75) is 39.3 Å². The first-order valence-electron chi connectivity index (χ1n) is 6.67. The van der Waals surface area contributed by atoms with Gasteiger partial charge in [-0.25, -0.2) is 4.79 Å². The molecule has 1 atom stereocenters. The van der Waals surface area contributed by atoms with E-state index in [1.807, 2.05) is 52.0 Å². The molecule has 2 N–H and O–H groups in total. The Balaban J connectivity index is 2.42. The molecular weight excluding hydrogens is 336 g/mol. The van der Waals surface area contributed by atoms with Crippen molar-refractivity contribution in [2.75, 3.05) is 6.61 Å². The van der Waals surface area contributed by atoms with Crippen LogP contribution in [0.2, 0.25) is 0 Å². The molecule has 0 bridgehead atoms. The van der Waals surface area contributed by atoms with E-state index in [4.69, 9.17) is 4.74 Å². The Morgan fingerprint density at radius 2 is 2.00 bits per heavy atom. The first kappa shape index (κ1) is 17.5. The third-order valence-electron chi connectivity index (χ3n) is 2.54. The highest BCUT2D eigenvalue weighted by molar-refractivity contribution is 9.10. The highest BCUT2D eigenvalue weighted by Crippen LogP contribution is 2.17. The average molecular weight is 357 g/mol. The van der Waals surface area contributed by atoms with Gasteiger partial charge in [-0.15, -0.1) is 0 Å². The summed E-state index contributed by atoms with van der Waals surface area (Å²) in [5.41, 5.74) is 0.578. The molecule has 1 rings (SSSR count). The summed E-state index contributed by atoms with van der Waals surface area (Å²) >= 11 is 3.38. The van der Waals surface area contributed by atoms with Crippen molar-refractivity contribution in [1.82, 2.24) is 10.6 Å². The van der Waals surface area contributed by atoms with Gasteiger partial charge in [0.15, 0.2) is 6.61 Å². The Labute approximate surface area is 133 Å². The molecule has 0 heterocycles. The first-order chi connectivity index (χ1) is 9.67. The highest BCUT2D eigenvalue weighted by Gasteiger charge is 2.16. The fraction of sp³-hybridized carbons (Fsp3) is 0.467. The van der Waals surface area contributed by atoms with Gasteiger partial charge in [-0.05, 0) is 45.4 Å². The maximum atomic E-state index is 11.8. The zero-order valence-corrected chi connectivity index (χ0v) is 14.3. The Morgan fingerprint density at radius 3 is 2.57 bits per heavy atom. The van der Waals surface area contributed by atoms with Crippen LogP contribution in [0, 0.1) is 0 Å². The zero-order chi connectivity index (χ0) is 16.0. The molecule has 0 aliphatic heterocycles. The van der Waals surface area contributed by atoms with Gasteiger partial charge in [0, 0.05) is 10.0 Å². The molecule has 116 valence electrons. The van der Waals surface area contributed by atoms with E-state index in [9.17, 15) is 9.59 Å². The molecule has 0 fully saturated rings. The minimum atomic E-state index is -0.604. The van der Waals surface area contributed by atoms with Crippen molar-refractivity contribution in [3.8, 4) is 0 Å². The van der Waals surface area contributed by atoms with Crippen molar-refractivity contribution >= 4 is 27.9 Å². The second-order valence-electron chi connectivity index (χ2n) is 5.80. The molecule has 2 amide bonds. The normalized spacial score (nSPS) is 12.4. The lowest BCUT2D eigenvalue weighted by molar-refractivity contribution is -0.124. The van der Waals surface area contributed by atoms with Gasteiger partial charge < -0.3 is 15.4 Å². The SMILES string of the molecule is CC(NC(=O)COC(=O)NC(C)(C)C)c1cccc(Br)c1. The number of ether oxygens (including phenoxy) is 1. The second kappa shape index (κ2) is 7.45. The number of hydrogen-bond acceptors (Lipinski definition) is 3. The fourth-order valence-electron chi connectivity index (χ4n) is 1.62. The molecule has 0 radical (unpaired) electrons. The summed E-state index contributed by atoms with van der Waals surface area (Å²) < 4.78 is 5.82. The number of halogens is 1. The summed E-state index contributed by atoms with van der Waals surface area (Å²) in [6.45, 7) is 7.08. The van der Waals surface area contributed by atoms with Gasteiger partial charge in [0.25, 0.3) is 5.91 Å². The van der Waals surface area contributed by atoms with Gasteiger partial charge in [-0.1, -0.05) is 28.1 Å². The van der Waals surface area contributed by atoms with Crippen LogP contribution >= 0.6 is 15.9 Å². The van der Waals surface area contributed by atoms with Crippen LogP contribution in [-0.4, -0.2) is 24.1 Å². The molecule has 0 spiro atoms. The van der Waals surface area contributed by atoms with Crippen LogP contribution in [0.5, 0.6) is 0 Å². The van der Waals surface area contributed by atoms with E-state index in [2.05, 4.69) is 26.6 Å². The van der Waals surface area contributed by atoms with E-state index in [1.54, 1.807) is 0 Å². The number of hydrogen-bond donors (Lipinski definition) is 2. The van der Waals surface area contributed by atoms with E-state index in [-0.39, 0.29) is 18.6 Å². The molecule has 0 aliphatic rings. The van der Waals surface area contributed by atoms with Gasteiger partial charge in [0.1, 0.15) is 0 Å². The fourth-order valence-corrected chi connectivity index (χ4v) is 2.03. The van der Waals surface area contributed by atoms with Crippen molar-refractivity contribution in [2.24, 2.45) is 0 Å². The molecule has 21 heavy (non-hydrogen) atoms. The van der Waals surface area contributed by atoms with Crippen LogP contribution in [0.1, 0.15) is 39.3 Å². The molecule has 5 nitrogen and oxygen atoms in total. The van der Waals surface area contributed by atoms with Crippen LogP contribution in [0.25, 0.3) is 0 Å². The summed E-state index contributed by atoms with van der Waals surface area (Å²) in [7, 11) is 0. The van der Waals surface area contributed by atoms with Crippen LogP contribution in [0.4, 0.5) is 4.79 Å². The van der Waals surface area contributed by atoms with E-state index >= 15 is 0 Å². The maximum absolute atomic E-state index is 11.8. The minimum Gasteiger partial charge on any atom is -0.439 e.